The second-order valence-corrected chi connectivity index (χ2v) is 21.2. The third kappa shape index (κ3) is 9.09. The predicted octanol–water partition coefficient (Wildman–Crippen LogP) is 4.33. The summed E-state index contributed by atoms with van der Waals surface area (Å²) in [5, 5.41) is 28.0. The third-order valence-corrected chi connectivity index (χ3v) is 7.58. The second kappa shape index (κ2) is 13.7. The lowest BCUT2D eigenvalue weighted by atomic mass is 9.85. The lowest BCUT2D eigenvalue weighted by Crippen LogP contribution is -2.35. The van der Waals surface area contributed by atoms with Crippen LogP contribution in [0.5, 0.6) is 0 Å². The monoisotopic (exact) mass is 584 g/mol. The Labute approximate surface area is 234 Å². The fraction of sp³-hybridized carbons (Fsp3) is 0.400. The van der Waals surface area contributed by atoms with E-state index in [1.165, 1.54) is 35.9 Å². The van der Waals surface area contributed by atoms with Crippen molar-refractivity contribution in [3.05, 3.63) is 35.9 Å². The summed E-state index contributed by atoms with van der Waals surface area (Å²) >= 11 is 2.63. The Morgan fingerprint density at radius 3 is 1.45 bits per heavy atom. The molecule has 200 valence electrons. The number of ketones is 1. The zero-order valence-corrected chi connectivity index (χ0v) is 26.4. The molecule has 0 aliphatic rings. The molecule has 0 amide bonds. The number of Topliss-reactive ketones (excluding diaryl/α,β-unsaturated/α-hetero) is 1. The summed E-state index contributed by atoms with van der Waals surface area (Å²) in [6.07, 6.45) is 6.69. The molecule has 2 N–H and O–H groups in total. The number of hydrogen-bond donors (Lipinski definition) is 2. The van der Waals surface area contributed by atoms with E-state index in [4.69, 9.17) is 0 Å². The molecular formula is C25H32N6O3S2Si2. The molecule has 0 radical (unpaired) electrons. The number of rotatable bonds is 8. The minimum absolute atomic E-state index is 0.0250. The second-order valence-electron chi connectivity index (χ2n) is 10.1. The molecule has 2 heterocycles. The van der Waals surface area contributed by atoms with Crippen LogP contribution in [0.3, 0.4) is 0 Å². The van der Waals surface area contributed by atoms with Crippen molar-refractivity contribution in [1.82, 2.24) is 19.9 Å². The number of oxime groups is 2. The first kappa shape index (κ1) is 31.2. The van der Waals surface area contributed by atoms with Crippen molar-refractivity contribution >= 4 is 56.9 Å². The number of carbonyl (C=O) groups excluding carboxylic acids is 1. The van der Waals surface area contributed by atoms with Crippen LogP contribution in [0.25, 0.3) is 0 Å². The van der Waals surface area contributed by atoms with E-state index in [2.05, 4.69) is 53.2 Å². The van der Waals surface area contributed by atoms with Crippen molar-refractivity contribution in [3.8, 4) is 22.9 Å². The van der Waals surface area contributed by atoms with Crippen LogP contribution in [0.4, 0.5) is 0 Å². The van der Waals surface area contributed by atoms with E-state index >= 15 is 0 Å². The van der Waals surface area contributed by atoms with Crippen molar-refractivity contribution in [2.75, 3.05) is 12.5 Å². The van der Waals surface area contributed by atoms with Gasteiger partial charge in [0.25, 0.3) is 0 Å². The van der Waals surface area contributed by atoms with Gasteiger partial charge in [0.1, 0.15) is 39.4 Å². The first-order valence-corrected chi connectivity index (χ1v) is 21.1. The Hall–Kier alpha value is -2.98. The molecule has 2 atom stereocenters. The van der Waals surface area contributed by atoms with Gasteiger partial charge in [0.05, 0.1) is 11.4 Å². The highest BCUT2D eigenvalue weighted by Crippen LogP contribution is 2.21. The Morgan fingerprint density at radius 1 is 0.789 bits per heavy atom. The fourth-order valence-corrected chi connectivity index (χ4v) is 4.84. The molecule has 13 heteroatoms. The van der Waals surface area contributed by atoms with E-state index in [-0.39, 0.29) is 22.8 Å². The summed E-state index contributed by atoms with van der Waals surface area (Å²) < 4.78 is 0. The lowest BCUT2D eigenvalue weighted by molar-refractivity contribution is -0.120. The molecule has 0 spiro atoms. The molecule has 0 saturated heterocycles. The molecule has 0 fully saturated rings. The summed E-state index contributed by atoms with van der Waals surface area (Å²) in [4.78, 5) is 31.5. The van der Waals surface area contributed by atoms with Gasteiger partial charge in [-0.25, -0.2) is 19.9 Å². The van der Waals surface area contributed by atoms with E-state index in [1.54, 1.807) is 12.1 Å². The topological polar surface area (TPSA) is 134 Å². The van der Waals surface area contributed by atoms with Gasteiger partial charge in [0.2, 0.25) is 0 Å². The summed E-state index contributed by atoms with van der Waals surface area (Å²) in [6, 6.07) is 3.12. The zero-order valence-electron chi connectivity index (χ0n) is 22.8. The summed E-state index contributed by atoms with van der Waals surface area (Å²) in [5.41, 5.74) is 6.91. The van der Waals surface area contributed by atoms with Gasteiger partial charge < -0.3 is 10.4 Å². The summed E-state index contributed by atoms with van der Waals surface area (Å²) in [5.74, 6) is 3.20. The maximum atomic E-state index is 14.3. The van der Waals surface area contributed by atoms with Gasteiger partial charge in [-0.1, -0.05) is 85.0 Å². The van der Waals surface area contributed by atoms with Crippen molar-refractivity contribution < 1.29 is 15.2 Å². The molecule has 2 aromatic heterocycles. The number of hydrogen-bond acceptors (Lipinski definition) is 11. The summed E-state index contributed by atoms with van der Waals surface area (Å²) in [7, 11) is -3.91. The zero-order chi connectivity index (χ0) is 28.5. The Morgan fingerprint density at radius 2 is 1.16 bits per heavy atom. The Kier molecular flexibility index (Phi) is 11.3. The van der Waals surface area contributed by atoms with Gasteiger partial charge in [-0.2, -0.15) is 0 Å². The normalized spacial score (nSPS) is 14.0. The van der Waals surface area contributed by atoms with Gasteiger partial charge >= 0.3 is 0 Å². The van der Waals surface area contributed by atoms with Gasteiger partial charge in [-0.3, -0.25) is 4.79 Å². The van der Waals surface area contributed by atoms with Crippen molar-refractivity contribution in [1.29, 1.82) is 0 Å². The lowest BCUT2D eigenvalue weighted by Gasteiger charge is -2.18. The van der Waals surface area contributed by atoms with Crippen LogP contribution in [-0.4, -0.2) is 76.2 Å². The van der Waals surface area contributed by atoms with E-state index < -0.39 is 33.8 Å². The smallest absolute Gasteiger partial charge is 0.187 e. The molecule has 38 heavy (non-hydrogen) atoms. The molecular weight excluding hydrogens is 553 g/mol. The number of carbonyl (C=O) groups is 1. The maximum absolute atomic E-state index is 14.3. The highest BCUT2D eigenvalue weighted by molar-refractivity contribution is 7.98. The molecule has 2 unspecified atom stereocenters. The molecule has 9 nitrogen and oxygen atoms in total. The minimum atomic E-state index is -1.96. The summed E-state index contributed by atoms with van der Waals surface area (Å²) in [6.45, 7) is 12.3. The van der Waals surface area contributed by atoms with E-state index in [0.717, 1.165) is 0 Å². The molecule has 0 aliphatic heterocycles. The van der Waals surface area contributed by atoms with Crippen molar-refractivity contribution in [3.63, 3.8) is 0 Å². The van der Waals surface area contributed by atoms with Gasteiger partial charge in [0, 0.05) is 12.4 Å². The Balaban J connectivity index is 2.78. The van der Waals surface area contributed by atoms with Gasteiger partial charge in [0.15, 0.2) is 16.1 Å². The van der Waals surface area contributed by atoms with Crippen molar-refractivity contribution in [2.45, 2.75) is 49.6 Å². The van der Waals surface area contributed by atoms with Crippen LogP contribution < -0.4 is 0 Å². The van der Waals surface area contributed by atoms with Crippen LogP contribution in [0.15, 0.2) is 45.2 Å². The van der Waals surface area contributed by atoms with Crippen LogP contribution in [0.2, 0.25) is 39.3 Å². The Bertz CT molecular complexity index is 1250. The third-order valence-electron chi connectivity index (χ3n) is 4.67. The largest absolute Gasteiger partial charge is 0.411 e. The predicted molar refractivity (Wildman–Crippen MR) is 159 cm³/mol. The average molecular weight is 585 g/mol. The minimum Gasteiger partial charge on any atom is -0.411 e. The highest BCUT2D eigenvalue weighted by atomic mass is 32.2. The molecule has 2 aromatic rings. The molecule has 0 bridgehead atoms. The van der Waals surface area contributed by atoms with Crippen LogP contribution in [-0.2, 0) is 4.79 Å². The average Bonchev–Trinajstić information content (AvgIpc) is 2.87. The van der Waals surface area contributed by atoms with Crippen LogP contribution in [0, 0.1) is 34.8 Å². The molecule has 0 saturated carbocycles. The first-order valence-electron chi connectivity index (χ1n) is 11.6. The number of thioether (sulfide) groups is 2. The number of aromatic nitrogens is 4. The van der Waals surface area contributed by atoms with E-state index in [1.807, 2.05) is 51.8 Å². The van der Waals surface area contributed by atoms with E-state index in [9.17, 15) is 15.2 Å². The highest BCUT2D eigenvalue weighted by Gasteiger charge is 2.36. The van der Waals surface area contributed by atoms with Gasteiger partial charge in [-0.05, 0) is 24.6 Å². The van der Waals surface area contributed by atoms with Crippen molar-refractivity contribution in [2.24, 2.45) is 22.1 Å². The number of nitrogens with zero attached hydrogens (tertiary/aromatic N) is 6. The van der Waals surface area contributed by atoms with E-state index in [0.29, 0.717) is 10.3 Å². The molecule has 0 aromatic carbocycles. The molecule has 0 aliphatic carbocycles. The molecule has 2 rings (SSSR count). The van der Waals surface area contributed by atoms with Crippen LogP contribution in [0.1, 0.15) is 11.4 Å². The quantitative estimate of drug-likeness (QED) is 0.0884. The SMILES string of the molecule is CSc1nccc(C(=NO)C(C#C[Si](C)(C)C)C(=O)C(C#C[Si](C)(C)C)C(=NO)c2ccnc(SC)n2)n1. The fourth-order valence-electron chi connectivity index (χ4n) is 2.97. The van der Waals surface area contributed by atoms with Crippen LogP contribution >= 0.6 is 23.5 Å². The maximum Gasteiger partial charge on any atom is 0.187 e. The van der Waals surface area contributed by atoms with Gasteiger partial charge in [-0.15, -0.1) is 11.1 Å². The standard InChI is InChI=1S/C25H32N6O3S2Si2/c1-35-24-26-13-9-19(28-24)21(30-33)17(11-15-37(3,4)5)23(32)18(12-16-38(6,7)8)22(31-34)20-10-14-27-25(29-20)36-2/h9-10,13-14,17-18,33-34H,1-8H3. The first-order chi connectivity index (χ1) is 17.8.